The molecule has 1 heterocycles. The number of carbonyl (C=O) groups is 1. The number of carbonyl (C=O) groups excluding carboxylic acids is 1. The van der Waals surface area contributed by atoms with Gasteiger partial charge in [-0.05, 0) is 18.4 Å². The van der Waals surface area contributed by atoms with Gasteiger partial charge >= 0.3 is 0 Å². The highest BCUT2D eigenvalue weighted by molar-refractivity contribution is 5.75. The van der Waals surface area contributed by atoms with Gasteiger partial charge in [-0.1, -0.05) is 37.3 Å². The van der Waals surface area contributed by atoms with Gasteiger partial charge in [0.1, 0.15) is 0 Å². The minimum atomic E-state index is -0.0738. The monoisotopic (exact) mass is 263 g/mol. The third-order valence-electron chi connectivity index (χ3n) is 3.61. The van der Waals surface area contributed by atoms with Gasteiger partial charge in [0.15, 0.2) is 0 Å². The van der Waals surface area contributed by atoms with Crippen molar-refractivity contribution < 1.29 is 14.4 Å². The van der Waals surface area contributed by atoms with Crippen molar-refractivity contribution in [3.63, 3.8) is 0 Å². The summed E-state index contributed by atoms with van der Waals surface area (Å²) in [6.45, 7) is 4.09. The molecule has 4 nitrogen and oxygen atoms in total. The van der Waals surface area contributed by atoms with Crippen LogP contribution >= 0.6 is 0 Å². The van der Waals surface area contributed by atoms with Crippen molar-refractivity contribution in [3.05, 3.63) is 35.9 Å². The molecule has 1 aromatic rings. The number of nitrogens with one attached hydrogen (secondary N) is 1. The molecule has 0 radical (unpaired) electrons. The lowest BCUT2D eigenvalue weighted by Gasteiger charge is -2.39. The molecular formula is C15H21NO3. The highest BCUT2D eigenvalue weighted by Gasteiger charge is 2.37. The summed E-state index contributed by atoms with van der Waals surface area (Å²) in [5, 5.41) is 0. The van der Waals surface area contributed by atoms with E-state index in [0.29, 0.717) is 13.0 Å². The summed E-state index contributed by atoms with van der Waals surface area (Å²) in [6.07, 6.45) is 2.19. The minimum Gasteiger partial charge on any atom is -0.380 e. The van der Waals surface area contributed by atoms with Gasteiger partial charge in [0.05, 0.1) is 19.8 Å². The van der Waals surface area contributed by atoms with Gasteiger partial charge in [0.2, 0.25) is 5.91 Å². The van der Waals surface area contributed by atoms with Crippen LogP contribution in [-0.2, 0) is 20.8 Å². The van der Waals surface area contributed by atoms with Crippen molar-refractivity contribution in [1.29, 1.82) is 0 Å². The summed E-state index contributed by atoms with van der Waals surface area (Å²) in [4.78, 5) is 16.9. The Labute approximate surface area is 114 Å². The molecule has 104 valence electrons. The summed E-state index contributed by atoms with van der Waals surface area (Å²) in [5.41, 5.74) is 3.78. The van der Waals surface area contributed by atoms with Crippen molar-refractivity contribution in [2.24, 2.45) is 5.41 Å². The highest BCUT2D eigenvalue weighted by Crippen LogP contribution is 2.30. The molecule has 0 unspecified atom stereocenters. The summed E-state index contributed by atoms with van der Waals surface area (Å²) in [5.74, 6) is -0.0738. The van der Waals surface area contributed by atoms with E-state index >= 15 is 0 Å². The quantitative estimate of drug-likeness (QED) is 0.766. The summed E-state index contributed by atoms with van der Waals surface area (Å²) in [7, 11) is 0. The highest BCUT2D eigenvalue weighted by atomic mass is 16.7. The predicted octanol–water partition coefficient (Wildman–Crippen LogP) is 2.09. The van der Waals surface area contributed by atoms with Crippen molar-refractivity contribution in [1.82, 2.24) is 5.48 Å². The third kappa shape index (κ3) is 4.04. The first-order valence-electron chi connectivity index (χ1n) is 6.76. The Bertz CT molecular complexity index is 396. The second kappa shape index (κ2) is 6.68. The first-order chi connectivity index (χ1) is 9.24. The maximum absolute atomic E-state index is 11.6. The molecule has 0 saturated carbocycles. The Morgan fingerprint density at radius 3 is 2.68 bits per heavy atom. The van der Waals surface area contributed by atoms with Gasteiger partial charge in [0, 0.05) is 11.8 Å². The molecule has 2 rings (SSSR count). The van der Waals surface area contributed by atoms with Gasteiger partial charge in [-0.3, -0.25) is 9.63 Å². The van der Waals surface area contributed by atoms with E-state index in [1.165, 1.54) is 0 Å². The molecule has 0 bridgehead atoms. The number of amides is 1. The fourth-order valence-electron chi connectivity index (χ4n) is 2.00. The Morgan fingerprint density at radius 1 is 1.37 bits per heavy atom. The number of aryl methyl sites for hydroxylation is 1. The normalized spacial score (nSPS) is 16.7. The standard InChI is InChI=1S/C15H21NO3/c1-2-15(10-18-11-15)12-19-16-14(17)9-8-13-6-4-3-5-7-13/h3-7H,2,8-12H2,1H3,(H,16,17). The van der Waals surface area contributed by atoms with Crippen LogP contribution in [0, 0.1) is 5.41 Å². The molecule has 1 saturated heterocycles. The Kier molecular flexibility index (Phi) is 4.93. The van der Waals surface area contributed by atoms with Crippen molar-refractivity contribution in [3.8, 4) is 0 Å². The molecule has 1 aliphatic heterocycles. The maximum atomic E-state index is 11.6. The van der Waals surface area contributed by atoms with Crippen molar-refractivity contribution in [2.45, 2.75) is 26.2 Å². The Hall–Kier alpha value is -1.39. The van der Waals surface area contributed by atoms with Crippen LogP contribution in [-0.4, -0.2) is 25.7 Å². The average molecular weight is 263 g/mol. The van der Waals surface area contributed by atoms with E-state index in [2.05, 4.69) is 12.4 Å². The molecule has 1 amide bonds. The largest absolute Gasteiger partial charge is 0.380 e. The topological polar surface area (TPSA) is 47.6 Å². The van der Waals surface area contributed by atoms with Gasteiger partial charge in [0.25, 0.3) is 0 Å². The summed E-state index contributed by atoms with van der Waals surface area (Å²) >= 11 is 0. The van der Waals surface area contributed by atoms with E-state index in [-0.39, 0.29) is 11.3 Å². The first kappa shape index (κ1) is 14.0. The lowest BCUT2D eigenvalue weighted by Crippen LogP contribution is -2.47. The van der Waals surface area contributed by atoms with Gasteiger partial charge < -0.3 is 4.74 Å². The molecule has 0 aromatic heterocycles. The lowest BCUT2D eigenvalue weighted by atomic mass is 9.84. The zero-order chi connectivity index (χ0) is 13.6. The molecule has 1 aromatic carbocycles. The number of hydroxylamine groups is 1. The zero-order valence-corrected chi connectivity index (χ0v) is 11.4. The van der Waals surface area contributed by atoms with Gasteiger partial charge in [-0.2, -0.15) is 0 Å². The van der Waals surface area contributed by atoms with Crippen LogP contribution in [0.2, 0.25) is 0 Å². The van der Waals surface area contributed by atoms with Crippen molar-refractivity contribution >= 4 is 5.91 Å². The second-order valence-corrected chi connectivity index (χ2v) is 5.15. The van der Waals surface area contributed by atoms with Crippen LogP contribution in [0.25, 0.3) is 0 Å². The second-order valence-electron chi connectivity index (χ2n) is 5.15. The van der Waals surface area contributed by atoms with Crippen LogP contribution in [0.3, 0.4) is 0 Å². The molecular weight excluding hydrogens is 242 g/mol. The van der Waals surface area contributed by atoms with Crippen LogP contribution in [0.1, 0.15) is 25.3 Å². The molecule has 0 aliphatic carbocycles. The predicted molar refractivity (Wildman–Crippen MR) is 72.4 cm³/mol. The van der Waals surface area contributed by atoms with E-state index in [4.69, 9.17) is 9.57 Å². The number of benzene rings is 1. The van der Waals surface area contributed by atoms with E-state index in [1.54, 1.807) is 0 Å². The molecule has 1 aliphatic rings. The molecule has 1 N–H and O–H groups in total. The Morgan fingerprint density at radius 2 is 2.11 bits per heavy atom. The average Bonchev–Trinajstić information content (AvgIpc) is 2.41. The number of hydrogen-bond donors (Lipinski definition) is 1. The minimum absolute atomic E-state index is 0.0738. The lowest BCUT2D eigenvalue weighted by molar-refractivity contribution is -0.171. The number of ether oxygens (including phenoxy) is 1. The third-order valence-corrected chi connectivity index (χ3v) is 3.61. The van der Waals surface area contributed by atoms with Crippen LogP contribution in [0.4, 0.5) is 0 Å². The number of rotatable bonds is 7. The molecule has 19 heavy (non-hydrogen) atoms. The molecule has 1 fully saturated rings. The van der Waals surface area contributed by atoms with Crippen LogP contribution in [0.15, 0.2) is 30.3 Å². The Balaban J connectivity index is 1.62. The van der Waals surface area contributed by atoms with Crippen molar-refractivity contribution in [2.75, 3.05) is 19.8 Å². The SMILES string of the molecule is CCC1(CONC(=O)CCc2ccccc2)COC1. The summed E-state index contributed by atoms with van der Waals surface area (Å²) in [6, 6.07) is 9.96. The zero-order valence-electron chi connectivity index (χ0n) is 11.4. The van der Waals surface area contributed by atoms with E-state index in [0.717, 1.165) is 31.6 Å². The molecule has 4 heteroatoms. The molecule has 0 spiro atoms. The molecule has 0 atom stereocenters. The van der Waals surface area contributed by atoms with E-state index in [1.807, 2.05) is 30.3 Å². The number of hydrogen-bond acceptors (Lipinski definition) is 3. The van der Waals surface area contributed by atoms with E-state index in [9.17, 15) is 4.79 Å². The fourth-order valence-corrected chi connectivity index (χ4v) is 2.00. The van der Waals surface area contributed by atoms with Gasteiger partial charge in [-0.15, -0.1) is 0 Å². The fraction of sp³-hybridized carbons (Fsp3) is 0.533. The maximum Gasteiger partial charge on any atom is 0.243 e. The summed E-state index contributed by atoms with van der Waals surface area (Å²) < 4.78 is 5.20. The first-order valence-corrected chi connectivity index (χ1v) is 6.76. The van der Waals surface area contributed by atoms with Gasteiger partial charge in [-0.25, -0.2) is 5.48 Å². The smallest absolute Gasteiger partial charge is 0.243 e. The van der Waals surface area contributed by atoms with E-state index < -0.39 is 0 Å². The van der Waals surface area contributed by atoms with Crippen LogP contribution in [0.5, 0.6) is 0 Å². The van der Waals surface area contributed by atoms with Crippen LogP contribution < -0.4 is 5.48 Å².